The van der Waals surface area contributed by atoms with Crippen molar-refractivity contribution < 1.29 is 14.3 Å². The van der Waals surface area contributed by atoms with E-state index in [0.717, 1.165) is 16.3 Å². The van der Waals surface area contributed by atoms with Crippen LogP contribution in [-0.4, -0.2) is 28.5 Å². The molecule has 1 heterocycles. The first-order valence-corrected chi connectivity index (χ1v) is 8.15. The number of nitrogens with one attached hydrogen (secondary N) is 1. The fourth-order valence-corrected chi connectivity index (χ4v) is 2.46. The summed E-state index contributed by atoms with van der Waals surface area (Å²) in [6.07, 6.45) is 0.0953. The van der Waals surface area contributed by atoms with Crippen molar-refractivity contribution in [1.29, 1.82) is 0 Å². The van der Waals surface area contributed by atoms with Crippen LogP contribution in [0.1, 0.15) is 31.3 Å². The van der Waals surface area contributed by atoms with Crippen LogP contribution in [0.5, 0.6) is 5.75 Å². The molecule has 23 heavy (non-hydrogen) atoms. The number of carbonyl (C=O) groups excluding carboxylic acids is 1. The van der Waals surface area contributed by atoms with Gasteiger partial charge in [0.15, 0.2) is 0 Å². The molecule has 1 amide bonds. The number of hydrogen-bond donors (Lipinski definition) is 1. The molecule has 1 aromatic heterocycles. The van der Waals surface area contributed by atoms with E-state index in [2.05, 4.69) is 15.5 Å². The van der Waals surface area contributed by atoms with Gasteiger partial charge in [-0.25, -0.2) is 4.79 Å². The molecule has 0 aliphatic carbocycles. The fraction of sp³-hybridized carbons (Fsp3) is 0.438. The van der Waals surface area contributed by atoms with Gasteiger partial charge in [0.1, 0.15) is 16.4 Å². The van der Waals surface area contributed by atoms with Crippen LogP contribution in [0.4, 0.5) is 9.93 Å². The molecule has 2 aromatic rings. The van der Waals surface area contributed by atoms with Crippen LogP contribution in [0, 0.1) is 6.92 Å². The molecule has 2 rings (SSSR count). The van der Waals surface area contributed by atoms with Crippen LogP contribution < -0.4 is 10.1 Å². The maximum absolute atomic E-state index is 11.6. The standard InChI is InChI=1S/C16H21N3O3S/c1-11-6-5-7-12(10-11)21-9-8-13-18-19-14(23-13)17-15(20)22-16(2,3)4/h5-7,10H,8-9H2,1-4H3,(H,17,19,20). The predicted molar refractivity (Wildman–Crippen MR) is 90.1 cm³/mol. The second-order valence-electron chi connectivity index (χ2n) is 6.04. The van der Waals surface area contributed by atoms with E-state index < -0.39 is 11.7 Å². The molecule has 1 aromatic carbocycles. The monoisotopic (exact) mass is 335 g/mol. The normalized spacial score (nSPS) is 11.1. The molecule has 0 saturated heterocycles. The lowest BCUT2D eigenvalue weighted by molar-refractivity contribution is 0.0636. The maximum atomic E-state index is 11.6. The molecule has 0 fully saturated rings. The first-order valence-electron chi connectivity index (χ1n) is 7.34. The van der Waals surface area contributed by atoms with Crippen LogP contribution in [0.3, 0.4) is 0 Å². The lowest BCUT2D eigenvalue weighted by atomic mass is 10.2. The number of anilines is 1. The number of rotatable bonds is 5. The van der Waals surface area contributed by atoms with Gasteiger partial charge in [0.2, 0.25) is 5.13 Å². The van der Waals surface area contributed by atoms with Crippen molar-refractivity contribution in [3.8, 4) is 5.75 Å². The van der Waals surface area contributed by atoms with Crippen molar-refractivity contribution >= 4 is 22.6 Å². The molecule has 0 aliphatic rings. The van der Waals surface area contributed by atoms with Crippen LogP contribution in [0.2, 0.25) is 0 Å². The Balaban J connectivity index is 1.79. The highest BCUT2D eigenvalue weighted by Gasteiger charge is 2.17. The van der Waals surface area contributed by atoms with Crippen LogP contribution in [0.15, 0.2) is 24.3 Å². The van der Waals surface area contributed by atoms with Crippen molar-refractivity contribution in [2.75, 3.05) is 11.9 Å². The summed E-state index contributed by atoms with van der Waals surface area (Å²) in [7, 11) is 0. The van der Waals surface area contributed by atoms with Crippen LogP contribution in [-0.2, 0) is 11.2 Å². The largest absolute Gasteiger partial charge is 0.493 e. The Hall–Kier alpha value is -2.15. The maximum Gasteiger partial charge on any atom is 0.414 e. The number of amides is 1. The van der Waals surface area contributed by atoms with Crippen LogP contribution >= 0.6 is 11.3 Å². The third kappa shape index (κ3) is 6.23. The lowest BCUT2D eigenvalue weighted by Gasteiger charge is -2.18. The van der Waals surface area contributed by atoms with Crippen molar-refractivity contribution in [2.24, 2.45) is 0 Å². The Bertz CT molecular complexity index is 665. The Morgan fingerprint density at radius 1 is 1.30 bits per heavy atom. The molecule has 0 bridgehead atoms. The summed E-state index contributed by atoms with van der Waals surface area (Å²) in [5.74, 6) is 0.835. The molecule has 124 valence electrons. The Kier molecular flexibility index (Phi) is 5.54. The van der Waals surface area contributed by atoms with Gasteiger partial charge in [-0.3, -0.25) is 5.32 Å². The first-order chi connectivity index (χ1) is 10.8. The van der Waals surface area contributed by atoms with Gasteiger partial charge in [-0.2, -0.15) is 0 Å². The van der Waals surface area contributed by atoms with Gasteiger partial charge in [0, 0.05) is 6.42 Å². The minimum Gasteiger partial charge on any atom is -0.493 e. The Morgan fingerprint density at radius 3 is 2.78 bits per heavy atom. The topological polar surface area (TPSA) is 73.3 Å². The molecule has 0 unspecified atom stereocenters. The summed E-state index contributed by atoms with van der Waals surface area (Å²) in [5, 5.41) is 11.8. The van der Waals surface area contributed by atoms with Gasteiger partial charge < -0.3 is 9.47 Å². The number of carbonyl (C=O) groups is 1. The number of aryl methyl sites for hydroxylation is 1. The van der Waals surface area contributed by atoms with E-state index in [1.807, 2.05) is 31.2 Å². The van der Waals surface area contributed by atoms with E-state index in [0.29, 0.717) is 18.2 Å². The molecule has 0 radical (unpaired) electrons. The van der Waals surface area contributed by atoms with E-state index in [1.165, 1.54) is 11.3 Å². The molecular formula is C16H21N3O3S. The molecule has 0 spiro atoms. The summed E-state index contributed by atoms with van der Waals surface area (Å²) >= 11 is 1.31. The number of aromatic nitrogens is 2. The summed E-state index contributed by atoms with van der Waals surface area (Å²) in [5.41, 5.74) is 0.612. The highest BCUT2D eigenvalue weighted by atomic mass is 32.1. The number of nitrogens with zero attached hydrogens (tertiary/aromatic N) is 2. The molecule has 0 atom stereocenters. The van der Waals surface area contributed by atoms with Crippen molar-refractivity contribution in [1.82, 2.24) is 10.2 Å². The molecule has 6 nitrogen and oxygen atoms in total. The SMILES string of the molecule is Cc1cccc(OCCc2nnc(NC(=O)OC(C)(C)C)s2)c1. The predicted octanol–water partition coefficient (Wildman–Crippen LogP) is 3.82. The molecule has 7 heteroatoms. The van der Waals surface area contributed by atoms with Gasteiger partial charge in [0.25, 0.3) is 0 Å². The smallest absolute Gasteiger partial charge is 0.414 e. The zero-order chi connectivity index (χ0) is 16.9. The average molecular weight is 335 g/mol. The van der Waals surface area contributed by atoms with Gasteiger partial charge in [0.05, 0.1) is 6.61 Å². The first kappa shape index (κ1) is 17.2. The average Bonchev–Trinajstić information content (AvgIpc) is 2.84. The molecule has 0 aliphatic heterocycles. The van der Waals surface area contributed by atoms with Crippen molar-refractivity contribution in [3.05, 3.63) is 34.8 Å². The third-order valence-electron chi connectivity index (χ3n) is 2.65. The number of benzene rings is 1. The summed E-state index contributed by atoms with van der Waals surface area (Å²) in [6, 6.07) is 7.88. The molecule has 0 saturated carbocycles. The zero-order valence-electron chi connectivity index (χ0n) is 13.8. The fourth-order valence-electron chi connectivity index (χ4n) is 1.76. The third-order valence-corrected chi connectivity index (χ3v) is 3.55. The zero-order valence-corrected chi connectivity index (χ0v) is 14.6. The summed E-state index contributed by atoms with van der Waals surface area (Å²) < 4.78 is 10.8. The quantitative estimate of drug-likeness (QED) is 0.899. The highest BCUT2D eigenvalue weighted by molar-refractivity contribution is 7.15. The minimum absolute atomic E-state index is 0.421. The van der Waals surface area contributed by atoms with Gasteiger partial charge in [-0.1, -0.05) is 23.5 Å². The number of hydrogen-bond acceptors (Lipinski definition) is 6. The van der Waals surface area contributed by atoms with Gasteiger partial charge >= 0.3 is 6.09 Å². The second-order valence-corrected chi connectivity index (χ2v) is 7.10. The second kappa shape index (κ2) is 7.41. The minimum atomic E-state index is -0.542. The Morgan fingerprint density at radius 2 is 2.09 bits per heavy atom. The summed E-state index contributed by atoms with van der Waals surface area (Å²) in [6.45, 7) is 7.94. The van der Waals surface area contributed by atoms with Crippen molar-refractivity contribution in [2.45, 2.75) is 39.7 Å². The van der Waals surface area contributed by atoms with E-state index in [-0.39, 0.29) is 0 Å². The summed E-state index contributed by atoms with van der Waals surface area (Å²) in [4.78, 5) is 11.6. The molecule has 1 N–H and O–H groups in total. The van der Waals surface area contributed by atoms with E-state index in [4.69, 9.17) is 9.47 Å². The van der Waals surface area contributed by atoms with Crippen LogP contribution in [0.25, 0.3) is 0 Å². The number of ether oxygens (including phenoxy) is 2. The van der Waals surface area contributed by atoms with Crippen molar-refractivity contribution in [3.63, 3.8) is 0 Å². The van der Waals surface area contributed by atoms with E-state index in [1.54, 1.807) is 20.8 Å². The Labute approximate surface area is 139 Å². The van der Waals surface area contributed by atoms with Gasteiger partial charge in [-0.05, 0) is 45.4 Å². The highest BCUT2D eigenvalue weighted by Crippen LogP contribution is 2.18. The van der Waals surface area contributed by atoms with E-state index >= 15 is 0 Å². The van der Waals surface area contributed by atoms with Gasteiger partial charge in [-0.15, -0.1) is 10.2 Å². The lowest BCUT2D eigenvalue weighted by Crippen LogP contribution is -2.27. The van der Waals surface area contributed by atoms with E-state index in [9.17, 15) is 4.79 Å². The molecular weight excluding hydrogens is 314 g/mol.